The first-order valence-electron chi connectivity index (χ1n) is 9.37. The van der Waals surface area contributed by atoms with E-state index >= 15 is 0 Å². The molecule has 1 atom stereocenters. The van der Waals surface area contributed by atoms with Crippen LogP contribution in [0.2, 0.25) is 0 Å². The zero-order chi connectivity index (χ0) is 20.2. The van der Waals surface area contributed by atoms with E-state index in [4.69, 9.17) is 9.15 Å². The smallest absolute Gasteiger partial charge is 0.233 e. The van der Waals surface area contributed by atoms with Crippen LogP contribution in [0.15, 0.2) is 35.2 Å². The lowest BCUT2D eigenvalue weighted by Crippen LogP contribution is -2.33. The molecule has 0 aliphatic carbocycles. The molecule has 10 nitrogen and oxygen atoms in total. The van der Waals surface area contributed by atoms with Crippen LogP contribution < -0.4 is 20.3 Å². The van der Waals surface area contributed by atoms with Gasteiger partial charge in [0.05, 0.1) is 31.5 Å². The summed E-state index contributed by atoms with van der Waals surface area (Å²) in [6.45, 7) is 0.876. The molecule has 3 N–H and O–H groups in total. The molecule has 0 radical (unpaired) electrons. The van der Waals surface area contributed by atoms with Crippen molar-refractivity contribution in [3.63, 3.8) is 0 Å². The Morgan fingerprint density at radius 1 is 1.28 bits per heavy atom. The van der Waals surface area contributed by atoms with E-state index in [9.17, 15) is 5.11 Å². The number of rotatable bonds is 7. The minimum Gasteiger partial charge on any atom is -0.496 e. The molecule has 0 bridgehead atoms. The van der Waals surface area contributed by atoms with Crippen LogP contribution in [0.4, 0.5) is 23.5 Å². The standard InChI is InChI=1S/C19H23N7O3/c1-20-17-23-18(25-19(24-17)26-7-3-4-13(26)10-27)22-12-5-6-14(15(8-12)28-2)16-9-21-11-29-16/h5-6,8-9,11,13,27H,3-4,7,10H2,1-2H3,(H2,20,22,23,24,25)/t13-/m0/s1. The molecule has 0 saturated carbocycles. The highest BCUT2D eigenvalue weighted by Crippen LogP contribution is 2.33. The Balaban J connectivity index is 1.63. The summed E-state index contributed by atoms with van der Waals surface area (Å²) < 4.78 is 10.9. The van der Waals surface area contributed by atoms with E-state index in [-0.39, 0.29) is 12.6 Å². The number of aliphatic hydroxyl groups is 1. The number of methoxy groups -OCH3 is 1. The molecule has 10 heteroatoms. The molecule has 2 aromatic heterocycles. The summed E-state index contributed by atoms with van der Waals surface area (Å²) in [5, 5.41) is 15.8. The van der Waals surface area contributed by atoms with E-state index in [1.165, 1.54) is 6.39 Å². The molecule has 1 aliphatic heterocycles. The maximum absolute atomic E-state index is 9.62. The normalized spacial score (nSPS) is 16.1. The van der Waals surface area contributed by atoms with Crippen LogP contribution >= 0.6 is 0 Å². The number of nitrogens with zero attached hydrogens (tertiary/aromatic N) is 5. The topological polar surface area (TPSA) is 121 Å². The lowest BCUT2D eigenvalue weighted by atomic mass is 10.1. The third-order valence-electron chi connectivity index (χ3n) is 4.85. The van der Waals surface area contributed by atoms with Gasteiger partial charge in [-0.15, -0.1) is 0 Å². The predicted molar refractivity (Wildman–Crippen MR) is 109 cm³/mol. The lowest BCUT2D eigenvalue weighted by Gasteiger charge is -2.23. The summed E-state index contributed by atoms with van der Waals surface area (Å²) in [6, 6.07) is 5.63. The zero-order valence-electron chi connectivity index (χ0n) is 16.3. The number of anilines is 4. The lowest BCUT2D eigenvalue weighted by molar-refractivity contribution is 0.265. The van der Waals surface area contributed by atoms with E-state index in [0.717, 1.165) is 30.6 Å². The van der Waals surface area contributed by atoms with Gasteiger partial charge in [-0.25, -0.2) is 4.98 Å². The van der Waals surface area contributed by atoms with Gasteiger partial charge < -0.3 is 29.8 Å². The number of aliphatic hydroxyl groups excluding tert-OH is 1. The van der Waals surface area contributed by atoms with Gasteiger partial charge in [-0.3, -0.25) is 0 Å². The first-order chi connectivity index (χ1) is 14.2. The Kier molecular flexibility index (Phi) is 5.43. The van der Waals surface area contributed by atoms with E-state index in [0.29, 0.717) is 29.4 Å². The summed E-state index contributed by atoms with van der Waals surface area (Å²) >= 11 is 0. The largest absolute Gasteiger partial charge is 0.496 e. The molecule has 1 fully saturated rings. The molecule has 0 unspecified atom stereocenters. The van der Waals surface area contributed by atoms with E-state index in [1.54, 1.807) is 20.4 Å². The fourth-order valence-electron chi connectivity index (χ4n) is 3.40. The van der Waals surface area contributed by atoms with Crippen LogP contribution in [-0.2, 0) is 0 Å². The molecule has 4 rings (SSSR count). The fourth-order valence-corrected chi connectivity index (χ4v) is 3.40. The van der Waals surface area contributed by atoms with E-state index < -0.39 is 0 Å². The van der Waals surface area contributed by atoms with Crippen LogP contribution in [0.5, 0.6) is 5.75 Å². The number of benzene rings is 1. The van der Waals surface area contributed by atoms with Crippen molar-refractivity contribution < 1.29 is 14.3 Å². The molecular formula is C19H23N7O3. The van der Waals surface area contributed by atoms with Gasteiger partial charge in [-0.2, -0.15) is 15.0 Å². The summed E-state index contributed by atoms with van der Waals surface area (Å²) in [7, 11) is 3.35. The Morgan fingerprint density at radius 2 is 2.14 bits per heavy atom. The monoisotopic (exact) mass is 397 g/mol. The van der Waals surface area contributed by atoms with Gasteiger partial charge >= 0.3 is 0 Å². The first-order valence-corrected chi connectivity index (χ1v) is 9.37. The van der Waals surface area contributed by atoms with E-state index in [1.807, 2.05) is 23.1 Å². The first kappa shape index (κ1) is 18.9. The van der Waals surface area contributed by atoms with E-state index in [2.05, 4.69) is 30.6 Å². The SMILES string of the molecule is CNc1nc(Nc2ccc(-c3cnco3)c(OC)c2)nc(N2CCC[C@H]2CO)n1. The maximum atomic E-state index is 9.62. The minimum absolute atomic E-state index is 0.0243. The van der Waals surface area contributed by atoms with Crippen LogP contribution in [-0.4, -0.2) is 58.4 Å². The second-order valence-corrected chi connectivity index (χ2v) is 6.61. The molecule has 3 heterocycles. The van der Waals surface area contributed by atoms with Crippen LogP contribution in [0.25, 0.3) is 11.3 Å². The highest BCUT2D eigenvalue weighted by Gasteiger charge is 2.27. The quantitative estimate of drug-likeness (QED) is 0.547. The van der Waals surface area contributed by atoms with Crippen LogP contribution in [0, 0.1) is 0 Å². The molecule has 29 heavy (non-hydrogen) atoms. The number of hydrogen-bond acceptors (Lipinski definition) is 10. The number of aromatic nitrogens is 4. The third-order valence-corrected chi connectivity index (χ3v) is 4.85. The fraction of sp³-hybridized carbons (Fsp3) is 0.368. The highest BCUT2D eigenvalue weighted by atomic mass is 16.5. The zero-order valence-corrected chi connectivity index (χ0v) is 16.3. The summed E-state index contributed by atoms with van der Waals surface area (Å²) in [5.41, 5.74) is 1.55. The van der Waals surface area contributed by atoms with Gasteiger partial charge in [0, 0.05) is 25.3 Å². The molecule has 1 saturated heterocycles. The van der Waals surface area contributed by atoms with Gasteiger partial charge in [0.1, 0.15) is 5.75 Å². The Labute approximate surface area is 168 Å². The van der Waals surface area contributed by atoms with Crippen molar-refractivity contribution in [1.29, 1.82) is 0 Å². The third kappa shape index (κ3) is 3.92. The highest BCUT2D eigenvalue weighted by molar-refractivity contribution is 5.71. The number of ether oxygens (including phenoxy) is 1. The van der Waals surface area contributed by atoms with Gasteiger partial charge in [-0.1, -0.05) is 0 Å². The van der Waals surface area contributed by atoms with Crippen molar-refractivity contribution in [1.82, 2.24) is 19.9 Å². The van der Waals surface area contributed by atoms with Gasteiger partial charge in [0.2, 0.25) is 17.8 Å². The van der Waals surface area contributed by atoms with Gasteiger partial charge in [0.25, 0.3) is 0 Å². The van der Waals surface area contributed by atoms with Crippen LogP contribution in [0.1, 0.15) is 12.8 Å². The molecule has 1 aliphatic rings. The summed E-state index contributed by atoms with van der Waals surface area (Å²) in [6.07, 6.45) is 4.93. The summed E-state index contributed by atoms with van der Waals surface area (Å²) in [5.74, 6) is 2.64. The summed E-state index contributed by atoms with van der Waals surface area (Å²) in [4.78, 5) is 19.4. The Bertz CT molecular complexity index is 964. The molecule has 1 aromatic carbocycles. The maximum Gasteiger partial charge on any atom is 0.233 e. The molecule has 0 amide bonds. The average Bonchev–Trinajstić information content (AvgIpc) is 3.45. The Morgan fingerprint density at radius 3 is 2.86 bits per heavy atom. The second kappa shape index (κ2) is 8.31. The molecular weight excluding hydrogens is 374 g/mol. The number of nitrogens with one attached hydrogen (secondary N) is 2. The van der Waals surface area contributed by atoms with Crippen molar-refractivity contribution in [2.45, 2.75) is 18.9 Å². The molecule has 3 aromatic rings. The van der Waals surface area contributed by atoms with Crippen molar-refractivity contribution in [2.75, 3.05) is 42.8 Å². The number of hydrogen-bond donors (Lipinski definition) is 3. The number of oxazole rings is 1. The average molecular weight is 397 g/mol. The molecule has 152 valence electrons. The van der Waals surface area contributed by atoms with Crippen molar-refractivity contribution in [3.05, 3.63) is 30.8 Å². The Hall–Kier alpha value is -3.40. The van der Waals surface area contributed by atoms with Gasteiger partial charge in [0.15, 0.2) is 12.2 Å². The van der Waals surface area contributed by atoms with Crippen molar-refractivity contribution in [3.8, 4) is 17.1 Å². The van der Waals surface area contributed by atoms with Crippen molar-refractivity contribution >= 4 is 23.5 Å². The predicted octanol–water partition coefficient (Wildman–Crippen LogP) is 2.28. The van der Waals surface area contributed by atoms with Gasteiger partial charge in [-0.05, 0) is 25.0 Å². The van der Waals surface area contributed by atoms with Crippen LogP contribution in [0.3, 0.4) is 0 Å². The van der Waals surface area contributed by atoms with Crippen molar-refractivity contribution in [2.24, 2.45) is 0 Å². The molecule has 0 spiro atoms. The minimum atomic E-state index is 0.0243. The second-order valence-electron chi connectivity index (χ2n) is 6.61.